The smallest absolute Gasteiger partial charge is 0.188 e. The third kappa shape index (κ3) is 6.87. The molecule has 2 atom stereocenters. The van der Waals surface area contributed by atoms with E-state index in [2.05, 4.69) is 13.8 Å². The molecule has 0 fully saturated rings. The topological polar surface area (TPSA) is 26.3 Å². The van der Waals surface area contributed by atoms with Crippen LogP contribution < -0.4 is 0 Å². The monoisotopic (exact) mass is 192 g/mol. The van der Waals surface area contributed by atoms with E-state index >= 15 is 0 Å². The summed E-state index contributed by atoms with van der Waals surface area (Å²) < 4.78 is 15.8. The number of hydrogen-bond donors (Lipinski definition) is 0. The summed E-state index contributed by atoms with van der Waals surface area (Å²) in [6, 6.07) is 0. The molecule has 0 heterocycles. The maximum Gasteiger partial charge on any atom is 0.188 e. The van der Waals surface area contributed by atoms with E-state index in [1.807, 2.05) is 0 Å². The van der Waals surface area contributed by atoms with E-state index in [1.165, 1.54) is 19.3 Å². The van der Waals surface area contributed by atoms with E-state index in [0.717, 1.165) is 6.42 Å². The summed E-state index contributed by atoms with van der Waals surface area (Å²) in [4.78, 5) is 0. The Morgan fingerprint density at radius 2 is 2.08 bits per heavy atom. The van der Waals surface area contributed by atoms with Crippen molar-refractivity contribution < 1.29 is 9.09 Å². The minimum Gasteiger partial charge on any atom is -0.330 e. The van der Waals surface area contributed by atoms with Crippen molar-refractivity contribution in [3.63, 3.8) is 0 Å². The van der Waals surface area contributed by atoms with Crippen molar-refractivity contribution in [2.45, 2.75) is 39.5 Å². The van der Waals surface area contributed by atoms with E-state index in [9.17, 15) is 4.57 Å². The Hall–Kier alpha value is 0.190. The van der Waals surface area contributed by atoms with Crippen LogP contribution in [0.25, 0.3) is 0 Å². The molecule has 0 aromatic carbocycles. The molecule has 0 bridgehead atoms. The van der Waals surface area contributed by atoms with Gasteiger partial charge in [0.1, 0.15) is 0 Å². The van der Waals surface area contributed by atoms with Crippen LogP contribution in [-0.4, -0.2) is 13.3 Å². The van der Waals surface area contributed by atoms with Crippen LogP contribution in [0.15, 0.2) is 0 Å². The molecule has 0 rings (SSSR count). The molecule has 74 valence electrons. The molecule has 3 heteroatoms. The second-order valence-corrected chi connectivity index (χ2v) is 4.49. The molecule has 0 saturated carbocycles. The molecular formula is C9H21O2P. The molecule has 12 heavy (non-hydrogen) atoms. The van der Waals surface area contributed by atoms with E-state index in [-0.39, 0.29) is 0 Å². The summed E-state index contributed by atoms with van der Waals surface area (Å²) >= 11 is 0. The van der Waals surface area contributed by atoms with Gasteiger partial charge >= 0.3 is 0 Å². The number of rotatable bonds is 7. The van der Waals surface area contributed by atoms with Gasteiger partial charge in [0, 0.05) is 6.66 Å². The molecule has 0 aliphatic rings. The summed E-state index contributed by atoms with van der Waals surface area (Å²) in [5.41, 5.74) is 0. The molecule has 0 aromatic rings. The molecular weight excluding hydrogens is 171 g/mol. The van der Waals surface area contributed by atoms with Gasteiger partial charge in [0.05, 0.1) is 6.61 Å². The van der Waals surface area contributed by atoms with Crippen molar-refractivity contribution in [1.29, 1.82) is 0 Å². The molecule has 2 unspecified atom stereocenters. The van der Waals surface area contributed by atoms with Gasteiger partial charge in [-0.3, -0.25) is 4.57 Å². The van der Waals surface area contributed by atoms with Crippen LogP contribution in [0.4, 0.5) is 0 Å². The number of hydrogen-bond acceptors (Lipinski definition) is 2. The van der Waals surface area contributed by atoms with Crippen LogP contribution >= 0.6 is 8.03 Å². The molecule has 0 radical (unpaired) electrons. The van der Waals surface area contributed by atoms with Gasteiger partial charge in [0.25, 0.3) is 0 Å². The normalized spacial score (nSPS) is 15.9. The van der Waals surface area contributed by atoms with Gasteiger partial charge in [-0.2, -0.15) is 0 Å². The van der Waals surface area contributed by atoms with Crippen molar-refractivity contribution in [2.75, 3.05) is 13.3 Å². The van der Waals surface area contributed by atoms with Gasteiger partial charge in [0.2, 0.25) is 0 Å². The first-order valence-electron chi connectivity index (χ1n) is 4.84. The second-order valence-electron chi connectivity index (χ2n) is 3.22. The van der Waals surface area contributed by atoms with Crippen LogP contribution in [0.5, 0.6) is 0 Å². The lowest BCUT2D eigenvalue weighted by Gasteiger charge is -2.13. The Labute approximate surface area is 76.6 Å². The molecule has 0 N–H and O–H groups in total. The third-order valence-corrected chi connectivity index (χ3v) is 2.64. The predicted octanol–water partition coefficient (Wildman–Crippen LogP) is 3.32. The minimum absolute atomic E-state index is 0.610. The summed E-state index contributed by atoms with van der Waals surface area (Å²) in [5.74, 6) is 0.610. The van der Waals surface area contributed by atoms with Crippen molar-refractivity contribution in [3.8, 4) is 0 Å². The fraction of sp³-hybridized carbons (Fsp3) is 1.00. The van der Waals surface area contributed by atoms with Gasteiger partial charge in [-0.05, 0) is 12.3 Å². The van der Waals surface area contributed by atoms with Crippen molar-refractivity contribution >= 4 is 8.03 Å². The standard InChI is InChI=1S/C9H21O2P/c1-4-6-7-9(5-2)8-11-12(3)10/h9,12H,4-8H2,1-3H3. The van der Waals surface area contributed by atoms with Crippen LogP contribution in [-0.2, 0) is 9.09 Å². The molecule has 0 amide bonds. The summed E-state index contributed by atoms with van der Waals surface area (Å²) in [5, 5.41) is 0. The quantitative estimate of drug-likeness (QED) is 0.578. The average Bonchev–Trinajstić information content (AvgIpc) is 2.05. The molecule has 0 aliphatic heterocycles. The first-order valence-corrected chi connectivity index (χ1v) is 6.65. The van der Waals surface area contributed by atoms with E-state index < -0.39 is 8.03 Å². The summed E-state index contributed by atoms with van der Waals surface area (Å²) in [6.45, 7) is 6.69. The maximum atomic E-state index is 10.7. The highest BCUT2D eigenvalue weighted by Gasteiger charge is 2.06. The molecule has 0 aliphatic carbocycles. The zero-order valence-corrected chi connectivity index (χ0v) is 9.43. The van der Waals surface area contributed by atoms with E-state index in [1.54, 1.807) is 6.66 Å². The highest BCUT2D eigenvalue weighted by Crippen LogP contribution is 2.20. The summed E-state index contributed by atoms with van der Waals surface area (Å²) in [6.07, 6.45) is 4.83. The van der Waals surface area contributed by atoms with Crippen LogP contribution in [0.1, 0.15) is 39.5 Å². The first-order chi connectivity index (χ1) is 5.70. The molecule has 2 nitrogen and oxygen atoms in total. The number of unbranched alkanes of at least 4 members (excludes halogenated alkanes) is 1. The average molecular weight is 192 g/mol. The fourth-order valence-electron chi connectivity index (χ4n) is 1.13. The molecule has 0 aromatic heterocycles. The minimum atomic E-state index is -1.71. The molecule has 0 saturated heterocycles. The van der Waals surface area contributed by atoms with Crippen molar-refractivity contribution in [1.82, 2.24) is 0 Å². The zero-order chi connectivity index (χ0) is 9.40. The predicted molar refractivity (Wildman–Crippen MR) is 54.2 cm³/mol. The Bertz CT molecular complexity index is 126. The van der Waals surface area contributed by atoms with E-state index in [4.69, 9.17) is 4.52 Å². The second kappa shape index (κ2) is 7.82. The lowest BCUT2D eigenvalue weighted by atomic mass is 10.0. The van der Waals surface area contributed by atoms with Gasteiger partial charge in [-0.25, -0.2) is 0 Å². The zero-order valence-electron chi connectivity index (χ0n) is 8.43. The first kappa shape index (κ1) is 12.2. The summed E-state index contributed by atoms with van der Waals surface area (Å²) in [7, 11) is -1.71. The van der Waals surface area contributed by atoms with Gasteiger partial charge in [-0.1, -0.05) is 33.1 Å². The Morgan fingerprint density at radius 1 is 1.42 bits per heavy atom. The van der Waals surface area contributed by atoms with Gasteiger partial charge < -0.3 is 4.52 Å². The largest absolute Gasteiger partial charge is 0.330 e. The van der Waals surface area contributed by atoms with Gasteiger partial charge in [-0.15, -0.1) is 0 Å². The van der Waals surface area contributed by atoms with Crippen LogP contribution in [0.3, 0.4) is 0 Å². The van der Waals surface area contributed by atoms with Crippen LogP contribution in [0.2, 0.25) is 0 Å². The highest BCUT2D eigenvalue weighted by molar-refractivity contribution is 7.38. The highest BCUT2D eigenvalue weighted by atomic mass is 31.1. The van der Waals surface area contributed by atoms with Crippen molar-refractivity contribution in [2.24, 2.45) is 5.92 Å². The maximum absolute atomic E-state index is 10.7. The Kier molecular flexibility index (Phi) is 7.94. The fourth-order valence-corrected chi connectivity index (χ4v) is 1.60. The third-order valence-electron chi connectivity index (χ3n) is 2.07. The SMILES string of the molecule is CCCCC(CC)CO[PH](C)=O. The van der Waals surface area contributed by atoms with Crippen molar-refractivity contribution in [3.05, 3.63) is 0 Å². The van der Waals surface area contributed by atoms with Gasteiger partial charge in [0.15, 0.2) is 8.03 Å². The molecule has 0 spiro atoms. The van der Waals surface area contributed by atoms with E-state index in [0.29, 0.717) is 12.5 Å². The Morgan fingerprint density at radius 3 is 2.50 bits per heavy atom. The lowest BCUT2D eigenvalue weighted by molar-refractivity contribution is 0.245. The Balaban J connectivity index is 3.45. The van der Waals surface area contributed by atoms with Crippen LogP contribution in [0, 0.1) is 5.92 Å². The lowest BCUT2D eigenvalue weighted by Crippen LogP contribution is -2.05.